The fourth-order valence-electron chi connectivity index (χ4n) is 3.70. The predicted molar refractivity (Wildman–Crippen MR) is 112 cm³/mol. The molecular weight excluding hydrogens is 392 g/mol. The van der Waals surface area contributed by atoms with E-state index in [2.05, 4.69) is 5.32 Å². The molecule has 2 heterocycles. The van der Waals surface area contributed by atoms with Crippen molar-refractivity contribution in [1.29, 1.82) is 0 Å². The maximum atomic E-state index is 13.0. The molecule has 0 aliphatic carbocycles. The van der Waals surface area contributed by atoms with E-state index in [1.807, 2.05) is 31.1 Å². The third-order valence-corrected chi connectivity index (χ3v) is 5.57. The van der Waals surface area contributed by atoms with Gasteiger partial charge >= 0.3 is 0 Å². The number of fused-ring (bicyclic) bond motifs is 2. The highest BCUT2D eigenvalue weighted by molar-refractivity contribution is 6.31. The first-order valence-electron chi connectivity index (χ1n) is 9.33. The van der Waals surface area contributed by atoms with Gasteiger partial charge < -0.3 is 20.0 Å². The van der Waals surface area contributed by atoms with Crippen molar-refractivity contribution in [1.82, 2.24) is 9.80 Å². The van der Waals surface area contributed by atoms with Crippen LogP contribution in [0.1, 0.15) is 20.7 Å². The largest absolute Gasteiger partial charge is 0.378 e. The Balaban J connectivity index is 1.56. The Morgan fingerprint density at radius 1 is 1.10 bits per heavy atom. The van der Waals surface area contributed by atoms with E-state index >= 15 is 0 Å². The molecule has 1 fully saturated rings. The van der Waals surface area contributed by atoms with Crippen LogP contribution < -0.4 is 10.2 Å². The molecule has 0 radical (unpaired) electrons. The zero-order valence-corrected chi connectivity index (χ0v) is 16.9. The summed E-state index contributed by atoms with van der Waals surface area (Å²) in [6.07, 6.45) is 0. The SMILES string of the molecule is CN(C)c1ccc(C(=O)N2CCN3C(=O)c4ccc(Cl)cc4NC(=O)[C@H]3C2)cc1. The third-order valence-electron chi connectivity index (χ3n) is 5.33. The van der Waals surface area contributed by atoms with Gasteiger partial charge in [0.2, 0.25) is 5.91 Å². The lowest BCUT2D eigenvalue weighted by atomic mass is 10.1. The lowest BCUT2D eigenvalue weighted by molar-refractivity contribution is -0.121. The van der Waals surface area contributed by atoms with Crippen molar-refractivity contribution in [2.24, 2.45) is 0 Å². The molecule has 0 spiro atoms. The fourth-order valence-corrected chi connectivity index (χ4v) is 3.87. The number of nitrogens with one attached hydrogen (secondary N) is 1. The van der Waals surface area contributed by atoms with Crippen LogP contribution in [0.5, 0.6) is 0 Å². The number of rotatable bonds is 2. The highest BCUT2D eigenvalue weighted by Crippen LogP contribution is 2.28. The van der Waals surface area contributed by atoms with Gasteiger partial charge in [-0.25, -0.2) is 0 Å². The maximum Gasteiger partial charge on any atom is 0.256 e. The van der Waals surface area contributed by atoms with E-state index in [4.69, 9.17) is 11.6 Å². The van der Waals surface area contributed by atoms with Crippen LogP contribution in [0.3, 0.4) is 0 Å². The smallest absolute Gasteiger partial charge is 0.256 e. The zero-order chi connectivity index (χ0) is 20.7. The lowest BCUT2D eigenvalue weighted by Gasteiger charge is -2.39. The van der Waals surface area contributed by atoms with Crippen molar-refractivity contribution >= 4 is 40.7 Å². The summed E-state index contributed by atoms with van der Waals surface area (Å²) in [7, 11) is 3.87. The molecule has 1 N–H and O–H groups in total. The number of carbonyl (C=O) groups excluding carboxylic acids is 3. The van der Waals surface area contributed by atoms with Crippen LogP contribution in [0, 0.1) is 0 Å². The van der Waals surface area contributed by atoms with Crippen molar-refractivity contribution in [3.63, 3.8) is 0 Å². The van der Waals surface area contributed by atoms with E-state index in [0.717, 1.165) is 5.69 Å². The van der Waals surface area contributed by atoms with Gasteiger partial charge in [-0.15, -0.1) is 0 Å². The number of hydrogen-bond acceptors (Lipinski definition) is 4. The first-order valence-corrected chi connectivity index (χ1v) is 9.71. The van der Waals surface area contributed by atoms with Gasteiger partial charge in [-0.3, -0.25) is 14.4 Å². The molecule has 2 aromatic rings. The number of benzene rings is 2. The molecule has 2 aromatic carbocycles. The Labute approximate surface area is 173 Å². The standard InChI is InChI=1S/C21H21ClN4O3/c1-24(2)15-6-3-13(4-7-15)20(28)25-9-10-26-18(12-25)19(27)23-17-11-14(22)5-8-16(17)21(26)29/h3-8,11,18H,9-10,12H2,1-2H3,(H,23,27)/t18-/m1/s1. The van der Waals surface area contributed by atoms with Crippen LogP contribution in [-0.2, 0) is 4.79 Å². The van der Waals surface area contributed by atoms with E-state index in [0.29, 0.717) is 34.9 Å². The third kappa shape index (κ3) is 3.53. The molecule has 2 aliphatic rings. The summed E-state index contributed by atoms with van der Waals surface area (Å²) in [6, 6.07) is 11.4. The van der Waals surface area contributed by atoms with E-state index in [-0.39, 0.29) is 24.3 Å². The maximum absolute atomic E-state index is 13.0. The minimum atomic E-state index is -0.743. The van der Waals surface area contributed by atoms with Gasteiger partial charge in [0.1, 0.15) is 6.04 Å². The Morgan fingerprint density at radius 3 is 2.52 bits per heavy atom. The minimum absolute atomic E-state index is 0.146. The van der Waals surface area contributed by atoms with Crippen molar-refractivity contribution in [2.75, 3.05) is 43.9 Å². The quantitative estimate of drug-likeness (QED) is 0.821. The molecule has 0 saturated carbocycles. The van der Waals surface area contributed by atoms with Gasteiger partial charge in [-0.2, -0.15) is 0 Å². The van der Waals surface area contributed by atoms with Gasteiger partial charge in [-0.05, 0) is 42.5 Å². The number of carbonyl (C=O) groups is 3. The number of nitrogens with zero attached hydrogens (tertiary/aromatic N) is 3. The Bertz CT molecular complexity index is 990. The van der Waals surface area contributed by atoms with Gasteiger partial charge in [-0.1, -0.05) is 11.6 Å². The molecule has 0 unspecified atom stereocenters. The molecule has 1 atom stereocenters. The van der Waals surface area contributed by atoms with Crippen LogP contribution in [-0.4, -0.2) is 67.3 Å². The van der Waals surface area contributed by atoms with Crippen LogP contribution in [0.25, 0.3) is 0 Å². The van der Waals surface area contributed by atoms with E-state index in [1.54, 1.807) is 35.2 Å². The van der Waals surface area contributed by atoms with E-state index in [1.165, 1.54) is 4.90 Å². The molecule has 0 bridgehead atoms. The van der Waals surface area contributed by atoms with Gasteiger partial charge in [0.15, 0.2) is 0 Å². The van der Waals surface area contributed by atoms with Crippen LogP contribution in [0.15, 0.2) is 42.5 Å². The van der Waals surface area contributed by atoms with Crippen molar-refractivity contribution in [3.8, 4) is 0 Å². The van der Waals surface area contributed by atoms with Crippen LogP contribution in [0.4, 0.5) is 11.4 Å². The molecule has 0 aromatic heterocycles. The van der Waals surface area contributed by atoms with E-state index < -0.39 is 6.04 Å². The number of piperazine rings is 1. The average molecular weight is 413 g/mol. The summed E-state index contributed by atoms with van der Waals surface area (Å²) in [5, 5.41) is 3.22. The van der Waals surface area contributed by atoms with Gasteiger partial charge in [0, 0.05) is 43.5 Å². The highest BCUT2D eigenvalue weighted by Gasteiger charge is 2.40. The molecular formula is C21H21ClN4O3. The molecule has 1 saturated heterocycles. The second kappa shape index (κ2) is 7.40. The van der Waals surface area contributed by atoms with Crippen LogP contribution >= 0.6 is 11.6 Å². The minimum Gasteiger partial charge on any atom is -0.378 e. The average Bonchev–Trinajstić information content (AvgIpc) is 2.81. The molecule has 2 aliphatic heterocycles. The molecule has 8 heteroatoms. The van der Waals surface area contributed by atoms with E-state index in [9.17, 15) is 14.4 Å². The Hall–Kier alpha value is -3.06. The zero-order valence-electron chi connectivity index (χ0n) is 16.2. The molecule has 29 heavy (non-hydrogen) atoms. The lowest BCUT2D eigenvalue weighted by Crippen LogP contribution is -2.59. The summed E-state index contributed by atoms with van der Waals surface area (Å²) >= 11 is 6.01. The number of anilines is 2. The Morgan fingerprint density at radius 2 is 1.83 bits per heavy atom. The van der Waals surface area contributed by atoms with Gasteiger partial charge in [0.25, 0.3) is 11.8 Å². The summed E-state index contributed by atoms with van der Waals surface area (Å²) in [4.78, 5) is 43.8. The normalized spacial score (nSPS) is 18.5. The highest BCUT2D eigenvalue weighted by atomic mass is 35.5. The summed E-state index contributed by atoms with van der Waals surface area (Å²) in [5.74, 6) is -0.706. The predicted octanol–water partition coefficient (Wildman–Crippen LogP) is 2.32. The summed E-state index contributed by atoms with van der Waals surface area (Å²) in [6.45, 7) is 0.806. The van der Waals surface area contributed by atoms with Crippen molar-refractivity contribution in [2.45, 2.75) is 6.04 Å². The number of amides is 3. The number of halogens is 1. The summed E-state index contributed by atoms with van der Waals surface area (Å²) < 4.78 is 0. The van der Waals surface area contributed by atoms with Gasteiger partial charge in [0.05, 0.1) is 17.8 Å². The second-order valence-corrected chi connectivity index (χ2v) is 7.82. The van der Waals surface area contributed by atoms with Crippen LogP contribution in [0.2, 0.25) is 5.02 Å². The molecule has 4 rings (SSSR count). The van der Waals surface area contributed by atoms with Crippen molar-refractivity contribution in [3.05, 3.63) is 58.6 Å². The fraction of sp³-hybridized carbons (Fsp3) is 0.286. The molecule has 3 amide bonds. The monoisotopic (exact) mass is 412 g/mol. The first kappa shape index (κ1) is 19.3. The second-order valence-electron chi connectivity index (χ2n) is 7.39. The molecule has 150 valence electrons. The molecule has 7 nitrogen and oxygen atoms in total. The topological polar surface area (TPSA) is 73.0 Å². The summed E-state index contributed by atoms with van der Waals surface area (Å²) in [5.41, 5.74) is 2.36. The van der Waals surface area contributed by atoms with Crippen molar-refractivity contribution < 1.29 is 14.4 Å². The number of hydrogen-bond donors (Lipinski definition) is 1. The Kier molecular flexibility index (Phi) is 4.92. The first-order chi connectivity index (χ1) is 13.8.